The van der Waals surface area contributed by atoms with Gasteiger partial charge >= 0.3 is 0 Å². The molecule has 146 valence electrons. The molecule has 0 spiro atoms. The van der Waals surface area contributed by atoms with Gasteiger partial charge in [0.25, 0.3) is 0 Å². The van der Waals surface area contributed by atoms with Crippen LogP contribution in [0.25, 0.3) is 0 Å². The Morgan fingerprint density at radius 2 is 1.56 bits per heavy atom. The van der Waals surface area contributed by atoms with Gasteiger partial charge in [-0.3, -0.25) is 4.99 Å². The van der Waals surface area contributed by atoms with E-state index in [-0.39, 0.29) is 5.75 Å². The molecule has 0 heterocycles. The van der Waals surface area contributed by atoms with E-state index in [0.717, 1.165) is 24.5 Å². The first-order valence-electron chi connectivity index (χ1n) is 9.95. The highest BCUT2D eigenvalue weighted by molar-refractivity contribution is 5.85. The molecule has 2 aromatic rings. The lowest BCUT2D eigenvalue weighted by Gasteiger charge is -2.06. The van der Waals surface area contributed by atoms with Gasteiger partial charge in [0, 0.05) is 17.8 Å². The van der Waals surface area contributed by atoms with Crippen LogP contribution in [-0.4, -0.2) is 24.5 Å². The molecule has 0 amide bonds. The largest absolute Gasteiger partial charge is 0.507 e. The number of rotatable bonds is 12. The third kappa shape index (κ3) is 7.73. The van der Waals surface area contributed by atoms with Crippen molar-refractivity contribution in [1.29, 1.82) is 0 Å². The lowest BCUT2D eigenvalue weighted by molar-refractivity contribution is 0.304. The minimum Gasteiger partial charge on any atom is -0.507 e. The minimum absolute atomic E-state index is 0.156. The van der Waals surface area contributed by atoms with E-state index >= 15 is 0 Å². The van der Waals surface area contributed by atoms with Crippen LogP contribution in [-0.2, 0) is 0 Å². The summed E-state index contributed by atoms with van der Waals surface area (Å²) in [5.41, 5.74) is 1.47. The topological polar surface area (TPSA) is 51.0 Å². The van der Waals surface area contributed by atoms with Crippen molar-refractivity contribution in [3.63, 3.8) is 0 Å². The zero-order valence-electron chi connectivity index (χ0n) is 16.5. The zero-order valence-corrected chi connectivity index (χ0v) is 16.5. The highest BCUT2D eigenvalue weighted by atomic mass is 16.5. The van der Waals surface area contributed by atoms with E-state index in [4.69, 9.17) is 9.47 Å². The second-order valence-corrected chi connectivity index (χ2v) is 6.52. The fourth-order valence-electron chi connectivity index (χ4n) is 2.73. The van der Waals surface area contributed by atoms with Gasteiger partial charge in [0.1, 0.15) is 17.2 Å². The monoisotopic (exact) mass is 369 g/mol. The molecule has 27 heavy (non-hydrogen) atoms. The Morgan fingerprint density at radius 1 is 0.852 bits per heavy atom. The van der Waals surface area contributed by atoms with Crippen molar-refractivity contribution in [2.45, 2.75) is 52.4 Å². The molecule has 0 fully saturated rings. The summed E-state index contributed by atoms with van der Waals surface area (Å²) in [6.07, 6.45) is 9.21. The zero-order chi connectivity index (χ0) is 19.3. The number of ether oxygens (including phenoxy) is 2. The Hall–Kier alpha value is -2.49. The van der Waals surface area contributed by atoms with Crippen molar-refractivity contribution in [3.8, 4) is 17.2 Å². The van der Waals surface area contributed by atoms with Crippen molar-refractivity contribution in [3.05, 3.63) is 48.0 Å². The van der Waals surface area contributed by atoms with Crippen LogP contribution < -0.4 is 9.47 Å². The maximum Gasteiger partial charge on any atom is 0.128 e. The normalized spacial score (nSPS) is 11.0. The maximum atomic E-state index is 10.0. The lowest BCUT2D eigenvalue weighted by atomic mass is 10.1. The van der Waals surface area contributed by atoms with Crippen LogP contribution in [0, 0.1) is 0 Å². The number of benzene rings is 2. The van der Waals surface area contributed by atoms with Crippen LogP contribution in [0.15, 0.2) is 47.5 Å². The van der Waals surface area contributed by atoms with Gasteiger partial charge in [0.2, 0.25) is 0 Å². The summed E-state index contributed by atoms with van der Waals surface area (Å²) in [4.78, 5) is 4.41. The summed E-state index contributed by atoms with van der Waals surface area (Å²) in [7, 11) is 0. The Labute approximate surface area is 162 Å². The van der Waals surface area contributed by atoms with Crippen molar-refractivity contribution >= 4 is 11.9 Å². The lowest BCUT2D eigenvalue weighted by Crippen LogP contribution is -1.96. The molecule has 0 atom stereocenters. The molecular weight excluding hydrogens is 338 g/mol. The molecule has 0 bridgehead atoms. The number of phenols is 1. The van der Waals surface area contributed by atoms with Crippen LogP contribution in [0.3, 0.4) is 0 Å². The van der Waals surface area contributed by atoms with Crippen LogP contribution >= 0.6 is 0 Å². The molecule has 0 aliphatic carbocycles. The summed E-state index contributed by atoms with van der Waals surface area (Å²) < 4.78 is 11.1. The van der Waals surface area contributed by atoms with E-state index in [1.165, 1.54) is 32.1 Å². The molecule has 4 nitrogen and oxygen atoms in total. The van der Waals surface area contributed by atoms with E-state index in [1.54, 1.807) is 18.3 Å². The fraction of sp³-hybridized carbons (Fsp3) is 0.435. The molecule has 4 heteroatoms. The van der Waals surface area contributed by atoms with Crippen molar-refractivity contribution in [2.75, 3.05) is 13.2 Å². The Kier molecular flexibility index (Phi) is 9.25. The summed E-state index contributed by atoms with van der Waals surface area (Å²) in [5.74, 6) is 1.68. The smallest absolute Gasteiger partial charge is 0.128 e. The van der Waals surface area contributed by atoms with E-state index in [9.17, 15) is 5.11 Å². The van der Waals surface area contributed by atoms with Crippen LogP contribution in [0.4, 0.5) is 5.69 Å². The fourth-order valence-corrected chi connectivity index (χ4v) is 2.73. The van der Waals surface area contributed by atoms with Crippen LogP contribution in [0.1, 0.15) is 57.9 Å². The number of aromatic hydroxyl groups is 1. The highest BCUT2D eigenvalue weighted by Gasteiger charge is 2.01. The van der Waals surface area contributed by atoms with Gasteiger partial charge < -0.3 is 14.6 Å². The molecular formula is C23H31NO3. The number of aliphatic imine (C=N–C) groups is 1. The second-order valence-electron chi connectivity index (χ2n) is 6.52. The average Bonchev–Trinajstić information content (AvgIpc) is 2.68. The van der Waals surface area contributed by atoms with Crippen molar-refractivity contribution < 1.29 is 14.6 Å². The molecule has 2 aromatic carbocycles. The quantitative estimate of drug-likeness (QED) is 0.354. The molecule has 0 radical (unpaired) electrons. The summed E-state index contributed by atoms with van der Waals surface area (Å²) in [6.45, 7) is 5.47. The minimum atomic E-state index is 0.156. The molecule has 0 aliphatic heterocycles. The van der Waals surface area contributed by atoms with E-state index in [1.807, 2.05) is 37.3 Å². The van der Waals surface area contributed by atoms with E-state index in [0.29, 0.717) is 17.9 Å². The van der Waals surface area contributed by atoms with Crippen molar-refractivity contribution in [1.82, 2.24) is 0 Å². The number of hydrogen-bond donors (Lipinski definition) is 1. The van der Waals surface area contributed by atoms with Gasteiger partial charge in [-0.05, 0) is 49.7 Å². The molecule has 2 rings (SSSR count). The summed E-state index contributed by atoms with van der Waals surface area (Å²) >= 11 is 0. The van der Waals surface area contributed by atoms with Gasteiger partial charge in [0.05, 0.1) is 18.9 Å². The molecule has 1 N–H and O–H groups in total. The van der Waals surface area contributed by atoms with Gasteiger partial charge in [0.15, 0.2) is 0 Å². The first kappa shape index (κ1) is 20.8. The standard InChI is InChI=1S/C23H31NO3/c1-3-5-6-7-8-9-16-27-21-14-11-20(12-15-21)24-18-19-10-13-22(26-4-2)17-23(19)25/h10-15,17-18,25H,3-9,16H2,1-2H3. The molecule has 0 saturated carbocycles. The van der Waals surface area contributed by atoms with E-state index in [2.05, 4.69) is 11.9 Å². The Bertz CT molecular complexity index is 695. The number of unbranched alkanes of at least 4 members (excludes halogenated alkanes) is 5. The number of hydrogen-bond acceptors (Lipinski definition) is 4. The highest BCUT2D eigenvalue weighted by Crippen LogP contribution is 2.24. The molecule has 0 aliphatic rings. The number of phenolic OH excluding ortho intramolecular Hbond substituents is 1. The predicted molar refractivity (Wildman–Crippen MR) is 112 cm³/mol. The average molecular weight is 370 g/mol. The SMILES string of the molecule is CCCCCCCCOc1ccc(N=Cc2ccc(OCC)cc2O)cc1. The van der Waals surface area contributed by atoms with Crippen LogP contribution in [0.2, 0.25) is 0 Å². The molecule has 0 saturated heterocycles. The van der Waals surface area contributed by atoms with Gasteiger partial charge in [-0.15, -0.1) is 0 Å². The Morgan fingerprint density at radius 3 is 2.26 bits per heavy atom. The summed E-state index contributed by atoms with van der Waals surface area (Å²) in [5, 5.41) is 10.0. The molecule has 0 unspecified atom stereocenters. The first-order chi connectivity index (χ1) is 13.2. The summed E-state index contributed by atoms with van der Waals surface area (Å²) in [6, 6.07) is 12.9. The second kappa shape index (κ2) is 12.0. The first-order valence-corrected chi connectivity index (χ1v) is 9.95. The predicted octanol–water partition coefficient (Wildman–Crippen LogP) is 6.28. The van der Waals surface area contributed by atoms with Gasteiger partial charge in [-0.25, -0.2) is 0 Å². The number of nitrogens with zero attached hydrogens (tertiary/aromatic N) is 1. The maximum absolute atomic E-state index is 10.0. The van der Waals surface area contributed by atoms with Gasteiger partial charge in [-0.1, -0.05) is 39.0 Å². The van der Waals surface area contributed by atoms with E-state index < -0.39 is 0 Å². The Balaban J connectivity index is 1.79. The van der Waals surface area contributed by atoms with Gasteiger partial charge in [-0.2, -0.15) is 0 Å². The van der Waals surface area contributed by atoms with Crippen LogP contribution in [0.5, 0.6) is 17.2 Å². The third-order valence-corrected chi connectivity index (χ3v) is 4.27. The molecule has 0 aromatic heterocycles. The third-order valence-electron chi connectivity index (χ3n) is 4.27. The van der Waals surface area contributed by atoms with Crippen molar-refractivity contribution in [2.24, 2.45) is 4.99 Å².